The molecule has 1 heterocycles. The van der Waals surface area contributed by atoms with Gasteiger partial charge < -0.3 is 29.5 Å². The highest BCUT2D eigenvalue weighted by Gasteiger charge is 2.92. The molecule has 228 valence electrons. The number of thioether (sulfide) groups is 1. The Morgan fingerprint density at radius 1 is 1.20 bits per heavy atom. The Kier molecular flexibility index (Phi) is 6.99. The van der Waals surface area contributed by atoms with E-state index in [9.17, 15) is 34.5 Å². The second-order valence-electron chi connectivity index (χ2n) is 13.3. The molecule has 4 aliphatic carbocycles. The Labute approximate surface area is 244 Å². The van der Waals surface area contributed by atoms with Gasteiger partial charge in [-0.3, -0.25) is 19.2 Å². The molecule has 0 radical (unpaired) electrons. The average Bonchev–Trinajstić information content (AvgIpc) is 3.76. The van der Waals surface area contributed by atoms with Gasteiger partial charge in [-0.15, -0.1) is 0 Å². The molecule has 10 nitrogen and oxygen atoms in total. The molecule has 3 saturated carbocycles. The molecular formula is C30H42O10S. The molecule has 0 aromatic rings. The summed E-state index contributed by atoms with van der Waals surface area (Å²) in [5.41, 5.74) is -7.49. The van der Waals surface area contributed by atoms with Crippen molar-refractivity contribution in [1.29, 1.82) is 0 Å². The lowest BCUT2D eigenvalue weighted by atomic mass is 9.57. The van der Waals surface area contributed by atoms with E-state index in [1.165, 1.54) is 6.08 Å². The molecule has 11 heteroatoms. The van der Waals surface area contributed by atoms with E-state index in [-0.39, 0.29) is 12.0 Å². The highest BCUT2D eigenvalue weighted by atomic mass is 32.2. The summed E-state index contributed by atoms with van der Waals surface area (Å²) in [5.74, 6) is -6.34. The van der Waals surface area contributed by atoms with E-state index < -0.39 is 105 Å². The number of esters is 2. The van der Waals surface area contributed by atoms with Crippen LogP contribution in [0.5, 0.6) is 0 Å². The zero-order chi connectivity index (χ0) is 30.7. The maximum atomic E-state index is 13.5. The van der Waals surface area contributed by atoms with Crippen LogP contribution in [0, 0.1) is 35.0 Å². The molecule has 1 aliphatic heterocycles. The summed E-state index contributed by atoms with van der Waals surface area (Å²) < 4.78 is 18.3. The molecule has 12 unspecified atom stereocenters. The first-order valence-corrected chi connectivity index (χ1v) is 15.7. The number of hydrogen-bond donors (Lipinski definition) is 3. The minimum Gasteiger partial charge on any atom is -0.457 e. The van der Waals surface area contributed by atoms with Gasteiger partial charge in [0, 0.05) is 29.1 Å². The van der Waals surface area contributed by atoms with Gasteiger partial charge in [0.15, 0.2) is 22.1 Å². The lowest BCUT2D eigenvalue weighted by Gasteiger charge is -2.54. The lowest BCUT2D eigenvalue weighted by Crippen LogP contribution is -2.69. The Morgan fingerprint density at radius 2 is 1.83 bits per heavy atom. The van der Waals surface area contributed by atoms with E-state index in [4.69, 9.17) is 14.2 Å². The van der Waals surface area contributed by atoms with Crippen molar-refractivity contribution in [2.24, 2.45) is 35.0 Å². The van der Waals surface area contributed by atoms with Gasteiger partial charge in [0.25, 0.3) is 0 Å². The molecule has 5 rings (SSSR count). The van der Waals surface area contributed by atoms with E-state index in [0.717, 1.165) is 11.8 Å². The Bertz CT molecular complexity index is 1230. The number of epoxide rings is 1. The number of ketones is 1. The second-order valence-corrected chi connectivity index (χ2v) is 14.2. The first kappa shape index (κ1) is 30.7. The third-order valence-electron chi connectivity index (χ3n) is 11.3. The molecule has 12 atom stereocenters. The quantitative estimate of drug-likeness (QED) is 0.225. The van der Waals surface area contributed by atoms with Gasteiger partial charge in [0.2, 0.25) is 0 Å². The number of Topliss-reactive ketones (excluding diaryl/α,β-unsaturated/α-hetero) is 1. The summed E-state index contributed by atoms with van der Waals surface area (Å²) in [5, 5.41) is 36.7. The normalized spacial score (nSPS) is 47.4. The van der Waals surface area contributed by atoms with Gasteiger partial charge >= 0.3 is 11.9 Å². The zero-order valence-electron chi connectivity index (χ0n) is 24.9. The summed E-state index contributed by atoms with van der Waals surface area (Å²) in [6.07, 6.45) is -0.265. The molecule has 0 aromatic heterocycles. The monoisotopic (exact) mass is 594 g/mol. The maximum absolute atomic E-state index is 13.5. The molecule has 4 fully saturated rings. The number of ether oxygens (including phenoxy) is 3. The predicted octanol–water partition coefficient (Wildman–Crippen LogP) is 1.96. The largest absolute Gasteiger partial charge is 0.457 e. The van der Waals surface area contributed by atoms with Crippen LogP contribution in [0.1, 0.15) is 67.7 Å². The van der Waals surface area contributed by atoms with Gasteiger partial charge in [0.05, 0.1) is 17.6 Å². The average molecular weight is 595 g/mol. The summed E-state index contributed by atoms with van der Waals surface area (Å²) in [4.78, 5) is 52.1. The van der Waals surface area contributed by atoms with Crippen molar-refractivity contribution < 1.29 is 48.7 Å². The number of hydrogen-bond acceptors (Lipinski definition) is 11. The molecular weight excluding hydrogens is 552 g/mol. The fourth-order valence-corrected chi connectivity index (χ4v) is 9.01. The van der Waals surface area contributed by atoms with E-state index in [1.807, 2.05) is 20.8 Å². The van der Waals surface area contributed by atoms with Gasteiger partial charge in [-0.1, -0.05) is 59.4 Å². The van der Waals surface area contributed by atoms with E-state index in [0.29, 0.717) is 6.42 Å². The number of carbonyl (C=O) groups is 4. The summed E-state index contributed by atoms with van der Waals surface area (Å²) in [6.45, 7) is 12.2. The maximum Gasteiger partial charge on any atom is 0.314 e. The summed E-state index contributed by atoms with van der Waals surface area (Å²) in [7, 11) is 0. The van der Waals surface area contributed by atoms with Crippen LogP contribution in [-0.2, 0) is 33.4 Å². The molecule has 41 heavy (non-hydrogen) atoms. The third kappa shape index (κ3) is 3.59. The number of fused-ring (bicyclic) bond motifs is 7. The molecule has 0 amide bonds. The Hall–Kier alpha value is -1.79. The van der Waals surface area contributed by atoms with Crippen molar-refractivity contribution >= 4 is 34.6 Å². The summed E-state index contributed by atoms with van der Waals surface area (Å²) >= 11 is 0.884. The smallest absolute Gasteiger partial charge is 0.314 e. The van der Waals surface area contributed by atoms with Gasteiger partial charge in [0.1, 0.15) is 24.2 Å². The van der Waals surface area contributed by atoms with Gasteiger partial charge in [-0.25, -0.2) is 0 Å². The predicted molar refractivity (Wildman–Crippen MR) is 147 cm³/mol. The van der Waals surface area contributed by atoms with Gasteiger partial charge in [-0.05, 0) is 31.6 Å². The first-order chi connectivity index (χ1) is 19.0. The number of rotatable bonds is 7. The van der Waals surface area contributed by atoms with Gasteiger partial charge in [-0.2, -0.15) is 0 Å². The molecule has 0 bridgehead atoms. The summed E-state index contributed by atoms with van der Waals surface area (Å²) in [6, 6.07) is 0. The minimum atomic E-state index is -2.14. The van der Waals surface area contributed by atoms with Crippen LogP contribution in [-0.4, -0.2) is 85.1 Å². The molecule has 5 aliphatic rings. The van der Waals surface area contributed by atoms with Crippen molar-refractivity contribution in [1.82, 2.24) is 0 Å². The topological polar surface area (TPSA) is 160 Å². The zero-order valence-corrected chi connectivity index (χ0v) is 25.7. The van der Waals surface area contributed by atoms with E-state index >= 15 is 0 Å². The third-order valence-corrected chi connectivity index (χ3v) is 11.9. The fourth-order valence-electron chi connectivity index (χ4n) is 8.75. The van der Waals surface area contributed by atoms with Crippen LogP contribution in [0.4, 0.5) is 0 Å². The highest BCUT2D eigenvalue weighted by molar-refractivity contribution is 8.13. The van der Waals surface area contributed by atoms with Crippen molar-refractivity contribution in [3.8, 4) is 0 Å². The Morgan fingerprint density at radius 3 is 2.39 bits per heavy atom. The minimum absolute atomic E-state index is 0.267. The molecule has 3 N–H and O–H groups in total. The molecule has 0 aromatic carbocycles. The van der Waals surface area contributed by atoms with Crippen LogP contribution in [0.15, 0.2) is 11.6 Å². The van der Waals surface area contributed by atoms with Crippen LogP contribution in [0.25, 0.3) is 0 Å². The van der Waals surface area contributed by atoms with Crippen molar-refractivity contribution in [3.63, 3.8) is 0 Å². The SMILES string of the molecule is CCC(C)C(=O)OC12C(OC(=O)CC(=O)SC)C(C)C3(O)C(C(O)C4(CC)OC4C4(O)C(=O)C(C)=CC43)C1C2(C)C. The molecule has 1 saturated heterocycles. The Balaban J connectivity index is 1.71. The molecule has 0 spiro atoms. The highest BCUT2D eigenvalue weighted by Crippen LogP contribution is 2.79. The van der Waals surface area contributed by atoms with Crippen molar-refractivity contribution in [3.05, 3.63) is 11.6 Å². The lowest BCUT2D eigenvalue weighted by molar-refractivity contribution is -0.250. The van der Waals surface area contributed by atoms with E-state index in [1.54, 1.807) is 34.0 Å². The van der Waals surface area contributed by atoms with Crippen molar-refractivity contribution in [2.45, 2.75) is 108 Å². The standard InChI is InChI=1S/C30H42O10S/c1-9-13(3)24(35)39-30-20(26(30,6)7)19-22(34)27(10-2)25(40-27)29(37)16(11-14(4)21(29)33)28(19,36)15(5)23(30)38-17(31)12-18(32)41-8/h11,13,15-16,19-20,22-23,25,34,36-37H,9-10,12H2,1-8H3. The van der Waals surface area contributed by atoms with Crippen LogP contribution in [0.2, 0.25) is 0 Å². The van der Waals surface area contributed by atoms with Crippen LogP contribution >= 0.6 is 11.8 Å². The first-order valence-electron chi connectivity index (χ1n) is 14.5. The number of aliphatic hydroxyl groups is 3. The number of carbonyl (C=O) groups excluding carboxylic acids is 4. The van der Waals surface area contributed by atoms with Crippen LogP contribution in [0.3, 0.4) is 0 Å². The van der Waals surface area contributed by atoms with Crippen molar-refractivity contribution in [2.75, 3.05) is 6.26 Å². The van der Waals surface area contributed by atoms with Crippen LogP contribution < -0.4 is 0 Å². The number of aliphatic hydroxyl groups excluding tert-OH is 1. The van der Waals surface area contributed by atoms with E-state index in [2.05, 4.69) is 0 Å². The second kappa shape index (κ2) is 9.35. The fraction of sp³-hybridized carbons (Fsp3) is 0.800.